The number of aliphatic hydroxyl groups is 2. The minimum absolute atomic E-state index is 0.0131. The van der Waals surface area contributed by atoms with Crippen molar-refractivity contribution in [2.45, 2.75) is 25.7 Å². The maximum absolute atomic E-state index is 9.67. The van der Waals surface area contributed by atoms with Crippen LogP contribution in [0.4, 0.5) is 0 Å². The Balaban J connectivity index is 2.58. The number of ether oxygens (including phenoxy) is 1. The number of benzene rings is 1. The molecule has 0 amide bonds. The first-order valence-corrected chi connectivity index (χ1v) is 5.76. The summed E-state index contributed by atoms with van der Waals surface area (Å²) in [5, 5.41) is 18.7. The molecule has 3 nitrogen and oxygen atoms in total. The summed E-state index contributed by atoms with van der Waals surface area (Å²) in [4.78, 5) is 0. The number of aliphatic hydroxyl groups excluding tert-OH is 2. The van der Waals surface area contributed by atoms with E-state index in [1.165, 1.54) is 0 Å². The molecule has 0 radical (unpaired) electrons. The Morgan fingerprint density at radius 1 is 1.35 bits per heavy atom. The first-order chi connectivity index (χ1) is 8.19. The number of rotatable bonds is 7. The minimum atomic E-state index is -0.883. The summed E-state index contributed by atoms with van der Waals surface area (Å²) < 4.78 is 5.65. The van der Waals surface area contributed by atoms with Gasteiger partial charge in [-0.1, -0.05) is 43.3 Å². The molecule has 0 aliphatic heterocycles. The molecule has 3 heteroatoms. The van der Waals surface area contributed by atoms with Crippen molar-refractivity contribution >= 4 is 0 Å². The van der Waals surface area contributed by atoms with Gasteiger partial charge < -0.3 is 14.9 Å². The van der Waals surface area contributed by atoms with Crippen LogP contribution in [0.5, 0.6) is 0 Å². The molecular weight excluding hydrogens is 216 g/mol. The highest BCUT2D eigenvalue weighted by Gasteiger charge is 2.23. The van der Waals surface area contributed by atoms with Gasteiger partial charge in [-0.25, -0.2) is 0 Å². The van der Waals surface area contributed by atoms with Gasteiger partial charge in [0, 0.05) is 5.92 Å². The predicted octanol–water partition coefficient (Wildman–Crippen LogP) is 1.75. The summed E-state index contributed by atoms with van der Waals surface area (Å²) in [5.74, 6) is -0.0131. The van der Waals surface area contributed by atoms with Crippen molar-refractivity contribution in [1.82, 2.24) is 0 Å². The zero-order valence-corrected chi connectivity index (χ0v) is 10.1. The predicted molar refractivity (Wildman–Crippen MR) is 67.5 cm³/mol. The van der Waals surface area contributed by atoms with Gasteiger partial charge in [0.25, 0.3) is 0 Å². The van der Waals surface area contributed by atoms with Crippen LogP contribution in [0.15, 0.2) is 43.0 Å². The summed E-state index contributed by atoms with van der Waals surface area (Å²) in [7, 11) is 0. The Bertz CT molecular complexity index is 323. The van der Waals surface area contributed by atoms with Crippen molar-refractivity contribution in [3.05, 3.63) is 48.6 Å². The van der Waals surface area contributed by atoms with E-state index in [1.54, 1.807) is 6.08 Å². The molecule has 2 N–H and O–H groups in total. The van der Waals surface area contributed by atoms with Crippen LogP contribution in [-0.4, -0.2) is 29.0 Å². The monoisotopic (exact) mass is 236 g/mol. The lowest BCUT2D eigenvalue weighted by Gasteiger charge is -2.25. The average molecular weight is 236 g/mol. The maximum atomic E-state index is 9.67. The third-order valence-electron chi connectivity index (χ3n) is 2.74. The lowest BCUT2D eigenvalue weighted by atomic mass is 10.00. The Hall–Kier alpha value is -1.16. The molecule has 0 aliphatic rings. The van der Waals surface area contributed by atoms with Gasteiger partial charge in [0.15, 0.2) is 0 Å². The van der Waals surface area contributed by atoms with Crippen molar-refractivity contribution in [2.75, 3.05) is 6.61 Å². The van der Waals surface area contributed by atoms with Gasteiger partial charge >= 0.3 is 0 Å². The lowest BCUT2D eigenvalue weighted by Crippen LogP contribution is -2.36. The van der Waals surface area contributed by atoms with E-state index in [-0.39, 0.29) is 12.5 Å². The highest BCUT2D eigenvalue weighted by Crippen LogP contribution is 2.15. The third-order valence-corrected chi connectivity index (χ3v) is 2.74. The molecule has 3 atom stereocenters. The molecule has 0 aromatic heterocycles. The van der Waals surface area contributed by atoms with Crippen LogP contribution in [0, 0.1) is 5.92 Å². The fourth-order valence-corrected chi connectivity index (χ4v) is 1.62. The van der Waals surface area contributed by atoms with E-state index >= 15 is 0 Å². The van der Waals surface area contributed by atoms with Crippen molar-refractivity contribution in [1.29, 1.82) is 0 Å². The van der Waals surface area contributed by atoms with E-state index in [0.29, 0.717) is 6.61 Å². The van der Waals surface area contributed by atoms with E-state index in [1.807, 2.05) is 37.3 Å². The van der Waals surface area contributed by atoms with E-state index in [4.69, 9.17) is 9.84 Å². The molecular formula is C14H20O3. The van der Waals surface area contributed by atoms with Gasteiger partial charge in [-0.05, 0) is 5.56 Å². The van der Waals surface area contributed by atoms with Gasteiger partial charge in [-0.2, -0.15) is 0 Å². The smallest absolute Gasteiger partial charge is 0.104 e. The molecule has 0 saturated heterocycles. The van der Waals surface area contributed by atoms with E-state index in [0.717, 1.165) is 5.56 Å². The summed E-state index contributed by atoms with van der Waals surface area (Å²) in [6, 6.07) is 9.73. The normalized spacial score (nSPS) is 16.2. The van der Waals surface area contributed by atoms with Crippen molar-refractivity contribution < 1.29 is 14.9 Å². The molecule has 17 heavy (non-hydrogen) atoms. The van der Waals surface area contributed by atoms with Crippen LogP contribution in [-0.2, 0) is 11.3 Å². The van der Waals surface area contributed by atoms with Crippen LogP contribution in [0.25, 0.3) is 0 Å². The summed E-state index contributed by atoms with van der Waals surface area (Å²) in [6.45, 7) is 5.69. The molecule has 0 saturated carbocycles. The molecule has 1 aromatic rings. The van der Waals surface area contributed by atoms with Gasteiger partial charge in [-0.3, -0.25) is 0 Å². The van der Waals surface area contributed by atoms with Crippen LogP contribution in [0.3, 0.4) is 0 Å². The molecule has 0 bridgehead atoms. The highest BCUT2D eigenvalue weighted by atomic mass is 16.5. The summed E-state index contributed by atoms with van der Waals surface area (Å²) in [5.41, 5.74) is 1.04. The molecule has 0 fully saturated rings. The fourth-order valence-electron chi connectivity index (χ4n) is 1.62. The van der Waals surface area contributed by atoms with Gasteiger partial charge in [0.1, 0.15) is 6.10 Å². The van der Waals surface area contributed by atoms with Crippen LogP contribution < -0.4 is 0 Å². The second-order valence-electron chi connectivity index (χ2n) is 4.11. The SMILES string of the molecule is C=C[C@@H](C)[C@H](OCc1ccccc1)[C@H](O)CO. The van der Waals surface area contributed by atoms with E-state index < -0.39 is 12.2 Å². The molecule has 1 aromatic carbocycles. The van der Waals surface area contributed by atoms with Gasteiger partial charge in [0.05, 0.1) is 19.3 Å². The van der Waals surface area contributed by atoms with Crippen LogP contribution in [0.1, 0.15) is 12.5 Å². The molecule has 94 valence electrons. The molecule has 1 rings (SSSR count). The Labute approximate surface area is 102 Å². The summed E-state index contributed by atoms with van der Waals surface area (Å²) >= 11 is 0. The van der Waals surface area contributed by atoms with Crippen molar-refractivity contribution in [3.63, 3.8) is 0 Å². The van der Waals surface area contributed by atoms with Crippen molar-refractivity contribution in [2.24, 2.45) is 5.92 Å². The Kier molecular flexibility index (Phi) is 5.91. The average Bonchev–Trinajstić information content (AvgIpc) is 2.39. The maximum Gasteiger partial charge on any atom is 0.104 e. The van der Waals surface area contributed by atoms with Gasteiger partial charge in [-0.15, -0.1) is 6.58 Å². The standard InChI is InChI=1S/C14H20O3/c1-3-11(2)14(13(16)9-15)17-10-12-7-5-4-6-8-12/h3-8,11,13-16H,1,9-10H2,2H3/t11-,13-,14+/m1/s1. The van der Waals surface area contributed by atoms with Crippen LogP contribution in [0.2, 0.25) is 0 Å². The zero-order valence-electron chi connectivity index (χ0n) is 10.1. The Morgan fingerprint density at radius 3 is 2.53 bits per heavy atom. The van der Waals surface area contributed by atoms with Crippen LogP contribution >= 0.6 is 0 Å². The highest BCUT2D eigenvalue weighted by molar-refractivity contribution is 5.13. The zero-order chi connectivity index (χ0) is 12.7. The van der Waals surface area contributed by atoms with E-state index in [9.17, 15) is 5.11 Å². The number of hydrogen-bond donors (Lipinski definition) is 2. The third kappa shape index (κ3) is 4.30. The summed E-state index contributed by atoms with van der Waals surface area (Å²) in [6.07, 6.45) is 0.401. The lowest BCUT2D eigenvalue weighted by molar-refractivity contribution is -0.0806. The van der Waals surface area contributed by atoms with Gasteiger partial charge in [0.2, 0.25) is 0 Å². The van der Waals surface area contributed by atoms with Crippen molar-refractivity contribution in [3.8, 4) is 0 Å². The molecule has 0 spiro atoms. The fraction of sp³-hybridized carbons (Fsp3) is 0.429. The van der Waals surface area contributed by atoms with E-state index in [2.05, 4.69) is 6.58 Å². The quantitative estimate of drug-likeness (QED) is 0.709. The first kappa shape index (κ1) is 13.9. The second kappa shape index (κ2) is 7.22. The number of hydrogen-bond acceptors (Lipinski definition) is 3. The minimum Gasteiger partial charge on any atom is -0.394 e. The molecule has 0 aliphatic carbocycles. The Morgan fingerprint density at radius 2 is 2.00 bits per heavy atom. The molecule has 0 heterocycles. The largest absolute Gasteiger partial charge is 0.394 e. The second-order valence-corrected chi connectivity index (χ2v) is 4.11. The topological polar surface area (TPSA) is 49.7 Å². The first-order valence-electron chi connectivity index (χ1n) is 5.76. The molecule has 0 unspecified atom stereocenters.